The normalized spacial score (nSPS) is 12.9. The first-order chi connectivity index (χ1) is 10.4. The molecule has 3 N–H and O–H groups in total. The van der Waals surface area contributed by atoms with Gasteiger partial charge < -0.3 is 15.7 Å². The predicted octanol–water partition coefficient (Wildman–Crippen LogP) is 3.76. The number of amides is 2. The van der Waals surface area contributed by atoms with Crippen LogP contribution in [0.4, 0.5) is 10.5 Å². The SMILES string of the molecule is CC(O)CC(C)(C)CNC(=O)Nc1ccc2ccccc2c1. The summed E-state index contributed by atoms with van der Waals surface area (Å²) in [5, 5.41) is 17.4. The number of carbonyl (C=O) groups is 1. The Kier molecular flexibility index (Phi) is 5.03. The molecule has 4 heteroatoms. The number of aliphatic hydroxyl groups excluding tert-OH is 1. The molecule has 118 valence electrons. The van der Waals surface area contributed by atoms with Crippen molar-refractivity contribution in [1.29, 1.82) is 0 Å². The second kappa shape index (κ2) is 6.79. The quantitative estimate of drug-likeness (QED) is 0.787. The summed E-state index contributed by atoms with van der Waals surface area (Å²) in [4.78, 5) is 12.0. The van der Waals surface area contributed by atoms with Crippen LogP contribution in [0.15, 0.2) is 42.5 Å². The molecule has 22 heavy (non-hydrogen) atoms. The van der Waals surface area contributed by atoms with Gasteiger partial charge in [-0.25, -0.2) is 4.79 Å². The third kappa shape index (κ3) is 4.74. The first-order valence-electron chi connectivity index (χ1n) is 7.57. The van der Waals surface area contributed by atoms with Gasteiger partial charge in [0.15, 0.2) is 0 Å². The standard InChI is InChI=1S/C18H24N2O2/c1-13(21)11-18(2,3)12-19-17(22)20-16-9-8-14-6-4-5-7-15(14)10-16/h4-10,13,21H,11-12H2,1-3H3,(H2,19,20,22). The highest BCUT2D eigenvalue weighted by Gasteiger charge is 2.21. The van der Waals surface area contributed by atoms with E-state index in [-0.39, 0.29) is 17.6 Å². The fraction of sp³-hybridized carbons (Fsp3) is 0.389. The minimum Gasteiger partial charge on any atom is -0.393 e. The van der Waals surface area contributed by atoms with E-state index in [4.69, 9.17) is 0 Å². The van der Waals surface area contributed by atoms with E-state index in [2.05, 4.69) is 10.6 Å². The Morgan fingerprint density at radius 3 is 2.55 bits per heavy atom. The van der Waals surface area contributed by atoms with Crippen LogP contribution in [-0.2, 0) is 0 Å². The lowest BCUT2D eigenvalue weighted by molar-refractivity contribution is 0.129. The average Bonchev–Trinajstić information content (AvgIpc) is 2.44. The van der Waals surface area contributed by atoms with Crippen molar-refractivity contribution in [2.24, 2.45) is 5.41 Å². The van der Waals surface area contributed by atoms with Crippen LogP contribution < -0.4 is 10.6 Å². The van der Waals surface area contributed by atoms with Gasteiger partial charge in [-0.2, -0.15) is 0 Å². The van der Waals surface area contributed by atoms with Gasteiger partial charge in [-0.3, -0.25) is 0 Å². The average molecular weight is 300 g/mol. The Balaban J connectivity index is 1.93. The molecule has 0 aliphatic carbocycles. The third-order valence-corrected chi connectivity index (χ3v) is 3.58. The van der Waals surface area contributed by atoms with Crippen LogP contribution in [0.3, 0.4) is 0 Å². The van der Waals surface area contributed by atoms with Gasteiger partial charge in [-0.05, 0) is 41.7 Å². The molecule has 0 spiro atoms. The predicted molar refractivity (Wildman–Crippen MR) is 91.0 cm³/mol. The maximum Gasteiger partial charge on any atom is 0.319 e. The second-order valence-corrected chi connectivity index (χ2v) is 6.59. The molecule has 2 aromatic carbocycles. The topological polar surface area (TPSA) is 61.4 Å². The number of carbonyl (C=O) groups excluding carboxylic acids is 1. The molecule has 0 saturated carbocycles. The minimum absolute atomic E-state index is 0.144. The lowest BCUT2D eigenvalue weighted by Crippen LogP contribution is -2.38. The molecule has 1 atom stereocenters. The molecule has 0 heterocycles. The van der Waals surface area contributed by atoms with Gasteiger partial charge in [0.05, 0.1) is 6.10 Å². The highest BCUT2D eigenvalue weighted by Crippen LogP contribution is 2.21. The number of fused-ring (bicyclic) bond motifs is 1. The second-order valence-electron chi connectivity index (χ2n) is 6.59. The van der Waals surface area contributed by atoms with Gasteiger partial charge >= 0.3 is 6.03 Å². The summed E-state index contributed by atoms with van der Waals surface area (Å²) >= 11 is 0. The van der Waals surface area contributed by atoms with Gasteiger partial charge in [-0.1, -0.05) is 44.2 Å². The monoisotopic (exact) mass is 300 g/mol. The molecule has 2 aromatic rings. The largest absolute Gasteiger partial charge is 0.393 e. The Morgan fingerprint density at radius 2 is 1.86 bits per heavy atom. The lowest BCUT2D eigenvalue weighted by Gasteiger charge is -2.26. The maximum atomic E-state index is 12.0. The molecule has 2 amide bonds. The van der Waals surface area contributed by atoms with E-state index in [0.717, 1.165) is 16.5 Å². The molecule has 0 radical (unpaired) electrons. The van der Waals surface area contributed by atoms with Crippen molar-refractivity contribution in [2.75, 3.05) is 11.9 Å². The molecule has 0 fully saturated rings. The van der Waals surface area contributed by atoms with Crippen molar-refractivity contribution in [1.82, 2.24) is 5.32 Å². The Morgan fingerprint density at radius 1 is 1.18 bits per heavy atom. The summed E-state index contributed by atoms with van der Waals surface area (Å²) in [7, 11) is 0. The number of nitrogens with one attached hydrogen (secondary N) is 2. The number of anilines is 1. The zero-order valence-electron chi connectivity index (χ0n) is 13.4. The summed E-state index contributed by atoms with van der Waals surface area (Å²) in [5.74, 6) is 0. The third-order valence-electron chi connectivity index (χ3n) is 3.58. The van der Waals surface area contributed by atoms with Crippen LogP contribution in [0.2, 0.25) is 0 Å². The van der Waals surface area contributed by atoms with Crippen molar-refractivity contribution >= 4 is 22.5 Å². The molecule has 2 rings (SSSR count). The Hall–Kier alpha value is -2.07. The molecule has 4 nitrogen and oxygen atoms in total. The number of urea groups is 1. The van der Waals surface area contributed by atoms with Crippen molar-refractivity contribution < 1.29 is 9.90 Å². The highest BCUT2D eigenvalue weighted by atomic mass is 16.3. The van der Waals surface area contributed by atoms with E-state index in [0.29, 0.717) is 13.0 Å². The van der Waals surface area contributed by atoms with Crippen molar-refractivity contribution in [2.45, 2.75) is 33.3 Å². The number of hydrogen-bond acceptors (Lipinski definition) is 2. The van der Waals surface area contributed by atoms with E-state index in [9.17, 15) is 9.90 Å². The van der Waals surface area contributed by atoms with E-state index < -0.39 is 0 Å². The number of hydrogen-bond donors (Lipinski definition) is 3. The van der Waals surface area contributed by atoms with Gasteiger partial charge in [-0.15, -0.1) is 0 Å². The van der Waals surface area contributed by atoms with E-state index in [1.165, 1.54) is 0 Å². The van der Waals surface area contributed by atoms with Crippen LogP contribution in [0.25, 0.3) is 10.8 Å². The molecular weight excluding hydrogens is 276 g/mol. The summed E-state index contributed by atoms with van der Waals surface area (Å²) in [6, 6.07) is 13.6. The van der Waals surface area contributed by atoms with Crippen molar-refractivity contribution in [3.63, 3.8) is 0 Å². The van der Waals surface area contributed by atoms with Crippen LogP contribution in [-0.4, -0.2) is 23.8 Å². The van der Waals surface area contributed by atoms with Crippen molar-refractivity contribution in [3.05, 3.63) is 42.5 Å². The van der Waals surface area contributed by atoms with Gasteiger partial charge in [0.25, 0.3) is 0 Å². The Labute approximate surface area is 131 Å². The first-order valence-corrected chi connectivity index (χ1v) is 7.57. The van der Waals surface area contributed by atoms with Gasteiger partial charge in [0.1, 0.15) is 0 Å². The number of rotatable bonds is 5. The molecule has 0 aliphatic heterocycles. The molecular formula is C18H24N2O2. The van der Waals surface area contributed by atoms with Gasteiger partial charge in [0.2, 0.25) is 0 Å². The lowest BCUT2D eigenvalue weighted by atomic mass is 9.87. The van der Waals surface area contributed by atoms with Gasteiger partial charge in [0, 0.05) is 12.2 Å². The van der Waals surface area contributed by atoms with E-state index in [1.807, 2.05) is 56.3 Å². The summed E-state index contributed by atoms with van der Waals surface area (Å²) in [5.41, 5.74) is 0.624. The fourth-order valence-corrected chi connectivity index (χ4v) is 2.63. The molecule has 1 unspecified atom stereocenters. The number of aliphatic hydroxyl groups is 1. The zero-order valence-corrected chi connectivity index (χ0v) is 13.4. The van der Waals surface area contributed by atoms with Crippen LogP contribution >= 0.6 is 0 Å². The van der Waals surface area contributed by atoms with Crippen LogP contribution in [0.5, 0.6) is 0 Å². The molecule has 0 bridgehead atoms. The summed E-state index contributed by atoms with van der Waals surface area (Å²) in [6.07, 6.45) is 0.267. The Bertz CT molecular complexity index is 650. The van der Waals surface area contributed by atoms with E-state index in [1.54, 1.807) is 6.92 Å². The molecule has 0 aliphatic rings. The first kappa shape index (κ1) is 16.3. The maximum absolute atomic E-state index is 12.0. The molecule has 0 saturated heterocycles. The van der Waals surface area contributed by atoms with Crippen LogP contribution in [0.1, 0.15) is 27.2 Å². The summed E-state index contributed by atoms with van der Waals surface area (Å²) < 4.78 is 0. The fourth-order valence-electron chi connectivity index (χ4n) is 2.63. The highest BCUT2D eigenvalue weighted by molar-refractivity contribution is 5.93. The molecule has 0 aromatic heterocycles. The van der Waals surface area contributed by atoms with E-state index >= 15 is 0 Å². The minimum atomic E-state index is -0.375. The number of benzene rings is 2. The van der Waals surface area contributed by atoms with Crippen LogP contribution in [0, 0.1) is 5.41 Å². The summed E-state index contributed by atoms with van der Waals surface area (Å²) in [6.45, 7) is 6.32. The smallest absolute Gasteiger partial charge is 0.319 e. The van der Waals surface area contributed by atoms with Crippen molar-refractivity contribution in [3.8, 4) is 0 Å². The zero-order chi connectivity index (χ0) is 16.2.